The van der Waals surface area contributed by atoms with E-state index in [0.717, 1.165) is 11.1 Å². The lowest BCUT2D eigenvalue weighted by atomic mass is 10.1. The van der Waals surface area contributed by atoms with E-state index in [9.17, 15) is 4.79 Å². The van der Waals surface area contributed by atoms with Crippen LogP contribution in [0, 0.1) is 6.92 Å². The Morgan fingerprint density at radius 2 is 1.86 bits per heavy atom. The fourth-order valence-corrected chi connectivity index (χ4v) is 1.99. The van der Waals surface area contributed by atoms with Gasteiger partial charge in [0.05, 0.1) is 4.88 Å². The second kappa shape index (κ2) is 3.76. The van der Waals surface area contributed by atoms with Crippen LogP contribution in [0.5, 0.6) is 0 Å². The van der Waals surface area contributed by atoms with Gasteiger partial charge in [0.1, 0.15) is 0 Å². The summed E-state index contributed by atoms with van der Waals surface area (Å²) in [5.41, 5.74) is 3.48. The predicted octanol–water partition coefficient (Wildman–Crippen LogP) is 3.18. The van der Waals surface area contributed by atoms with Gasteiger partial charge >= 0.3 is 0 Å². The van der Waals surface area contributed by atoms with Crippen LogP contribution in [0.3, 0.4) is 0 Å². The first-order valence-electron chi connectivity index (χ1n) is 4.33. The van der Waals surface area contributed by atoms with E-state index in [1.807, 2.05) is 17.7 Å². The number of aryl methyl sites for hydroxylation is 1. The minimum atomic E-state index is 0.653. The summed E-state index contributed by atoms with van der Waals surface area (Å²) in [5.74, 6) is 0. The van der Waals surface area contributed by atoms with E-state index in [2.05, 4.69) is 31.2 Å². The van der Waals surface area contributed by atoms with Gasteiger partial charge in [0, 0.05) is 0 Å². The van der Waals surface area contributed by atoms with E-state index in [1.165, 1.54) is 16.9 Å². The molecule has 0 aliphatic carbocycles. The third kappa shape index (κ3) is 1.75. The van der Waals surface area contributed by atoms with Gasteiger partial charge < -0.3 is 0 Å². The van der Waals surface area contributed by atoms with Crippen LogP contribution in [0.2, 0.25) is 0 Å². The van der Waals surface area contributed by atoms with E-state index in [-0.39, 0.29) is 0 Å². The first kappa shape index (κ1) is 9.16. The number of hydrogen-bond donors (Lipinski definition) is 0. The number of thiophene rings is 1. The SMILES string of the molecule is Cc1ccc(-c2csc([C]=O)c2)cc1. The maximum absolute atomic E-state index is 10.4. The lowest BCUT2D eigenvalue weighted by Crippen LogP contribution is -1.75. The van der Waals surface area contributed by atoms with Gasteiger partial charge in [-0.05, 0) is 29.5 Å². The third-order valence-corrected chi connectivity index (χ3v) is 2.91. The fourth-order valence-electron chi connectivity index (χ4n) is 1.29. The van der Waals surface area contributed by atoms with Crippen molar-refractivity contribution in [3.05, 3.63) is 46.2 Å². The first-order valence-corrected chi connectivity index (χ1v) is 5.21. The molecule has 0 spiro atoms. The Morgan fingerprint density at radius 1 is 1.14 bits per heavy atom. The summed E-state index contributed by atoms with van der Waals surface area (Å²) in [4.78, 5) is 11.0. The molecule has 1 nitrogen and oxygen atoms in total. The number of rotatable bonds is 2. The average molecular weight is 201 g/mol. The van der Waals surface area contributed by atoms with E-state index >= 15 is 0 Å². The Kier molecular flexibility index (Phi) is 2.46. The van der Waals surface area contributed by atoms with Crippen molar-refractivity contribution in [1.29, 1.82) is 0 Å². The van der Waals surface area contributed by atoms with Gasteiger partial charge in [-0.3, -0.25) is 4.79 Å². The molecule has 1 aromatic heterocycles. The summed E-state index contributed by atoms with van der Waals surface area (Å²) in [6, 6.07) is 10.1. The molecule has 2 rings (SSSR count). The highest BCUT2D eigenvalue weighted by Gasteiger charge is 2.01. The number of hydrogen-bond acceptors (Lipinski definition) is 2. The van der Waals surface area contributed by atoms with Crippen molar-refractivity contribution in [3.8, 4) is 11.1 Å². The summed E-state index contributed by atoms with van der Waals surface area (Å²) in [6.07, 6.45) is 1.90. The molecule has 2 heteroatoms. The van der Waals surface area contributed by atoms with E-state index in [1.54, 1.807) is 0 Å². The molecular weight excluding hydrogens is 192 g/mol. The molecule has 0 atom stereocenters. The van der Waals surface area contributed by atoms with E-state index < -0.39 is 0 Å². The van der Waals surface area contributed by atoms with Crippen molar-refractivity contribution >= 4 is 17.6 Å². The van der Waals surface area contributed by atoms with Crippen molar-refractivity contribution in [2.24, 2.45) is 0 Å². The van der Waals surface area contributed by atoms with Gasteiger partial charge in [-0.15, -0.1) is 11.3 Å². The molecular formula is C12H9OS. The number of benzene rings is 1. The normalized spacial score (nSPS) is 10.1. The van der Waals surface area contributed by atoms with Crippen LogP contribution >= 0.6 is 11.3 Å². The van der Waals surface area contributed by atoms with E-state index in [0.29, 0.717) is 4.88 Å². The minimum absolute atomic E-state index is 0.653. The topological polar surface area (TPSA) is 17.1 Å². The van der Waals surface area contributed by atoms with Crippen molar-refractivity contribution in [1.82, 2.24) is 0 Å². The maximum atomic E-state index is 10.4. The molecule has 0 N–H and O–H groups in total. The summed E-state index contributed by atoms with van der Waals surface area (Å²) < 4.78 is 0. The highest BCUT2D eigenvalue weighted by atomic mass is 32.1. The summed E-state index contributed by atoms with van der Waals surface area (Å²) in [5, 5.41) is 1.98. The van der Waals surface area contributed by atoms with Gasteiger partial charge in [-0.1, -0.05) is 29.8 Å². The van der Waals surface area contributed by atoms with Crippen LogP contribution < -0.4 is 0 Å². The van der Waals surface area contributed by atoms with Crippen molar-refractivity contribution < 1.29 is 4.79 Å². The van der Waals surface area contributed by atoms with Crippen LogP contribution in [0.15, 0.2) is 35.7 Å². The van der Waals surface area contributed by atoms with E-state index in [4.69, 9.17) is 0 Å². The molecule has 0 aliphatic rings. The molecule has 0 bridgehead atoms. The second-order valence-electron chi connectivity index (χ2n) is 3.17. The van der Waals surface area contributed by atoms with Crippen LogP contribution in [0.4, 0.5) is 0 Å². The van der Waals surface area contributed by atoms with Gasteiger partial charge in [-0.2, -0.15) is 0 Å². The second-order valence-corrected chi connectivity index (χ2v) is 4.08. The highest BCUT2D eigenvalue weighted by molar-refractivity contribution is 7.12. The molecule has 1 aromatic carbocycles. The highest BCUT2D eigenvalue weighted by Crippen LogP contribution is 2.24. The molecule has 0 amide bonds. The molecule has 0 aliphatic heterocycles. The Balaban J connectivity index is 2.39. The molecule has 1 heterocycles. The largest absolute Gasteiger partial charge is 0.284 e. The average Bonchev–Trinajstić information content (AvgIpc) is 2.67. The molecule has 0 unspecified atom stereocenters. The smallest absolute Gasteiger partial charge is 0.244 e. The Morgan fingerprint density at radius 3 is 2.43 bits per heavy atom. The lowest BCUT2D eigenvalue weighted by Gasteiger charge is -1.97. The fraction of sp³-hybridized carbons (Fsp3) is 0.0833. The van der Waals surface area contributed by atoms with Crippen molar-refractivity contribution in [3.63, 3.8) is 0 Å². The Bertz CT molecular complexity index is 440. The van der Waals surface area contributed by atoms with Gasteiger partial charge in [-0.25, -0.2) is 0 Å². The van der Waals surface area contributed by atoms with Gasteiger partial charge in [0.2, 0.25) is 6.29 Å². The Hall–Kier alpha value is -1.41. The van der Waals surface area contributed by atoms with Crippen LogP contribution in [-0.2, 0) is 4.79 Å². The summed E-state index contributed by atoms with van der Waals surface area (Å²) in [7, 11) is 0. The lowest BCUT2D eigenvalue weighted by molar-refractivity contribution is 0.563. The minimum Gasteiger partial charge on any atom is -0.284 e. The monoisotopic (exact) mass is 201 g/mol. The summed E-state index contributed by atoms with van der Waals surface area (Å²) >= 11 is 1.42. The third-order valence-electron chi connectivity index (χ3n) is 2.08. The number of carbonyl (C=O) groups excluding carboxylic acids is 1. The predicted molar refractivity (Wildman–Crippen MR) is 59.3 cm³/mol. The Labute approximate surface area is 87.0 Å². The molecule has 14 heavy (non-hydrogen) atoms. The zero-order valence-corrected chi connectivity index (χ0v) is 8.60. The van der Waals surface area contributed by atoms with Gasteiger partial charge in [0.25, 0.3) is 0 Å². The maximum Gasteiger partial charge on any atom is 0.244 e. The van der Waals surface area contributed by atoms with Crippen LogP contribution in [0.25, 0.3) is 11.1 Å². The molecule has 0 fully saturated rings. The van der Waals surface area contributed by atoms with Crippen LogP contribution in [0.1, 0.15) is 10.4 Å². The molecule has 0 saturated carbocycles. The molecule has 69 valence electrons. The quantitative estimate of drug-likeness (QED) is 0.729. The molecule has 2 aromatic rings. The van der Waals surface area contributed by atoms with Crippen molar-refractivity contribution in [2.75, 3.05) is 0 Å². The summed E-state index contributed by atoms with van der Waals surface area (Å²) in [6.45, 7) is 2.06. The molecule has 1 radical (unpaired) electrons. The van der Waals surface area contributed by atoms with Gasteiger partial charge in [0.15, 0.2) is 0 Å². The first-order chi connectivity index (χ1) is 6.79. The van der Waals surface area contributed by atoms with Crippen molar-refractivity contribution in [2.45, 2.75) is 6.92 Å². The standard InChI is InChI=1S/C12H9OS/c1-9-2-4-10(5-3-9)11-6-12(7-13)14-8-11/h2-6,8H,1H3. The van der Waals surface area contributed by atoms with Crippen LogP contribution in [-0.4, -0.2) is 6.29 Å². The molecule has 0 saturated heterocycles. The zero-order chi connectivity index (χ0) is 9.97. The zero-order valence-electron chi connectivity index (χ0n) is 7.78.